The van der Waals surface area contributed by atoms with Gasteiger partial charge < -0.3 is 9.73 Å². The molecule has 0 spiro atoms. The fourth-order valence-corrected chi connectivity index (χ4v) is 3.01. The molecule has 0 aliphatic carbocycles. The number of aromatic nitrogens is 2. The molecule has 0 atom stereocenters. The predicted octanol–water partition coefficient (Wildman–Crippen LogP) is 4.77. The lowest BCUT2D eigenvalue weighted by molar-refractivity contribution is -0.113. The van der Waals surface area contributed by atoms with Crippen molar-refractivity contribution in [3.8, 4) is 11.5 Å². The molecule has 1 aromatic heterocycles. The second kappa shape index (κ2) is 7.70. The first-order valence-corrected chi connectivity index (χ1v) is 8.62. The first kappa shape index (κ1) is 16.8. The van der Waals surface area contributed by atoms with Gasteiger partial charge in [-0.2, -0.15) is 0 Å². The maximum atomic E-state index is 12.0. The molecule has 0 unspecified atom stereocenters. The number of hydrogen-bond donors (Lipinski definition) is 1. The van der Waals surface area contributed by atoms with E-state index in [1.54, 1.807) is 18.2 Å². The van der Waals surface area contributed by atoms with Crippen LogP contribution in [0.25, 0.3) is 11.5 Å². The number of halogens is 2. The van der Waals surface area contributed by atoms with Gasteiger partial charge in [0.05, 0.1) is 5.75 Å². The molecule has 0 radical (unpaired) electrons. The van der Waals surface area contributed by atoms with E-state index in [0.29, 0.717) is 26.8 Å². The molecular formula is C16H11Cl2N3O2S. The lowest BCUT2D eigenvalue weighted by Gasteiger charge is -2.05. The van der Waals surface area contributed by atoms with Crippen molar-refractivity contribution in [1.29, 1.82) is 0 Å². The number of carbonyl (C=O) groups excluding carboxylic acids is 1. The van der Waals surface area contributed by atoms with Crippen molar-refractivity contribution in [2.75, 3.05) is 11.1 Å². The molecule has 8 heteroatoms. The number of nitrogens with zero attached hydrogens (tertiary/aromatic N) is 2. The summed E-state index contributed by atoms with van der Waals surface area (Å²) in [5.74, 6) is 0.318. The summed E-state index contributed by atoms with van der Waals surface area (Å²) in [5.41, 5.74) is 1.36. The van der Waals surface area contributed by atoms with Gasteiger partial charge in [-0.15, -0.1) is 10.2 Å². The van der Waals surface area contributed by atoms with Crippen LogP contribution in [0, 0.1) is 0 Å². The van der Waals surface area contributed by atoms with Crippen LogP contribution in [0.4, 0.5) is 5.69 Å². The van der Waals surface area contributed by atoms with Crippen LogP contribution in [-0.2, 0) is 4.79 Å². The number of carbonyl (C=O) groups is 1. The van der Waals surface area contributed by atoms with Gasteiger partial charge in [-0.3, -0.25) is 4.79 Å². The third kappa shape index (κ3) is 4.50. The van der Waals surface area contributed by atoms with Crippen LogP contribution in [-0.4, -0.2) is 21.9 Å². The lowest BCUT2D eigenvalue weighted by atomic mass is 10.2. The molecule has 0 bridgehead atoms. The topological polar surface area (TPSA) is 68.0 Å². The van der Waals surface area contributed by atoms with Gasteiger partial charge in [-0.1, -0.05) is 53.2 Å². The second-order valence-corrected chi connectivity index (χ2v) is 6.53. The Labute approximate surface area is 152 Å². The van der Waals surface area contributed by atoms with Crippen molar-refractivity contribution in [2.45, 2.75) is 5.22 Å². The Morgan fingerprint density at radius 1 is 1.08 bits per heavy atom. The van der Waals surface area contributed by atoms with Crippen LogP contribution in [0.2, 0.25) is 10.0 Å². The number of amides is 1. The van der Waals surface area contributed by atoms with E-state index in [1.807, 2.05) is 30.3 Å². The molecule has 1 heterocycles. The average Bonchev–Trinajstić information content (AvgIpc) is 3.02. The summed E-state index contributed by atoms with van der Waals surface area (Å²) in [6.07, 6.45) is 0. The van der Waals surface area contributed by atoms with Crippen molar-refractivity contribution in [3.63, 3.8) is 0 Å². The average molecular weight is 380 g/mol. The normalized spacial score (nSPS) is 10.6. The summed E-state index contributed by atoms with van der Waals surface area (Å²) >= 11 is 12.9. The van der Waals surface area contributed by atoms with E-state index in [2.05, 4.69) is 15.5 Å². The third-order valence-corrected chi connectivity index (χ3v) is 4.16. The third-order valence-electron chi connectivity index (χ3n) is 2.90. The Kier molecular flexibility index (Phi) is 5.40. The zero-order chi connectivity index (χ0) is 16.9. The Morgan fingerprint density at radius 2 is 1.79 bits per heavy atom. The smallest absolute Gasteiger partial charge is 0.277 e. The number of benzene rings is 2. The van der Waals surface area contributed by atoms with Crippen LogP contribution in [0.3, 0.4) is 0 Å². The molecule has 0 aliphatic rings. The summed E-state index contributed by atoms with van der Waals surface area (Å²) in [6.45, 7) is 0. The van der Waals surface area contributed by atoms with Crippen molar-refractivity contribution in [3.05, 3.63) is 58.6 Å². The minimum atomic E-state index is -0.224. The van der Waals surface area contributed by atoms with E-state index < -0.39 is 0 Å². The summed E-state index contributed by atoms with van der Waals surface area (Å²) in [7, 11) is 0. The van der Waals surface area contributed by atoms with Crippen molar-refractivity contribution in [2.24, 2.45) is 0 Å². The number of thioether (sulfide) groups is 1. The van der Waals surface area contributed by atoms with Gasteiger partial charge in [-0.25, -0.2) is 0 Å². The molecule has 0 saturated carbocycles. The molecule has 0 fully saturated rings. The van der Waals surface area contributed by atoms with E-state index in [4.69, 9.17) is 27.6 Å². The number of anilines is 1. The molecule has 3 rings (SSSR count). The standard InChI is InChI=1S/C16H11Cl2N3O2S/c17-11-6-12(18)8-13(7-11)19-14(22)9-24-16-21-20-15(23-16)10-4-2-1-3-5-10/h1-8H,9H2,(H,19,22). The monoisotopic (exact) mass is 379 g/mol. The van der Waals surface area contributed by atoms with Gasteiger partial charge in [0.1, 0.15) is 0 Å². The van der Waals surface area contributed by atoms with Crippen molar-refractivity contribution in [1.82, 2.24) is 10.2 Å². The SMILES string of the molecule is O=C(CSc1nnc(-c2ccccc2)o1)Nc1cc(Cl)cc(Cl)c1. The van der Waals surface area contributed by atoms with E-state index in [9.17, 15) is 4.79 Å². The molecular weight excluding hydrogens is 369 g/mol. The van der Waals surface area contributed by atoms with Crippen LogP contribution >= 0.6 is 35.0 Å². The van der Waals surface area contributed by atoms with Crippen LogP contribution in [0.5, 0.6) is 0 Å². The summed E-state index contributed by atoms with van der Waals surface area (Å²) < 4.78 is 5.53. The van der Waals surface area contributed by atoms with Crippen LogP contribution < -0.4 is 5.32 Å². The highest BCUT2D eigenvalue weighted by molar-refractivity contribution is 7.99. The highest BCUT2D eigenvalue weighted by Gasteiger charge is 2.11. The van der Waals surface area contributed by atoms with Gasteiger partial charge >= 0.3 is 0 Å². The predicted molar refractivity (Wildman–Crippen MR) is 95.5 cm³/mol. The molecule has 122 valence electrons. The van der Waals surface area contributed by atoms with Crippen LogP contribution in [0.1, 0.15) is 0 Å². The largest absolute Gasteiger partial charge is 0.411 e. The molecule has 0 aliphatic heterocycles. The fourth-order valence-electron chi connectivity index (χ4n) is 1.92. The van der Waals surface area contributed by atoms with E-state index in [1.165, 1.54) is 0 Å². The second-order valence-electron chi connectivity index (χ2n) is 4.73. The Hall–Kier alpha value is -2.02. The minimum absolute atomic E-state index is 0.126. The molecule has 0 saturated heterocycles. The lowest BCUT2D eigenvalue weighted by Crippen LogP contribution is -2.13. The van der Waals surface area contributed by atoms with Gasteiger partial charge in [0.2, 0.25) is 11.8 Å². The maximum absolute atomic E-state index is 12.0. The molecule has 5 nitrogen and oxygen atoms in total. The highest BCUT2D eigenvalue weighted by Crippen LogP contribution is 2.24. The number of rotatable bonds is 5. The number of nitrogens with one attached hydrogen (secondary N) is 1. The quantitative estimate of drug-likeness (QED) is 0.646. The maximum Gasteiger partial charge on any atom is 0.277 e. The first-order valence-electron chi connectivity index (χ1n) is 6.88. The molecule has 3 aromatic rings. The van der Waals surface area contributed by atoms with Crippen molar-refractivity contribution >= 4 is 46.6 Å². The molecule has 2 aromatic carbocycles. The zero-order valence-corrected chi connectivity index (χ0v) is 14.5. The number of hydrogen-bond acceptors (Lipinski definition) is 5. The van der Waals surface area contributed by atoms with Crippen molar-refractivity contribution < 1.29 is 9.21 Å². The first-order chi connectivity index (χ1) is 11.6. The summed E-state index contributed by atoms with van der Waals surface area (Å²) in [4.78, 5) is 12.0. The molecule has 24 heavy (non-hydrogen) atoms. The fraction of sp³-hybridized carbons (Fsp3) is 0.0625. The van der Waals surface area contributed by atoms with Gasteiger partial charge in [-0.05, 0) is 30.3 Å². The van der Waals surface area contributed by atoms with Gasteiger partial charge in [0.15, 0.2) is 0 Å². The Bertz CT molecular complexity index is 835. The van der Waals surface area contributed by atoms with E-state index in [0.717, 1.165) is 17.3 Å². The van der Waals surface area contributed by atoms with E-state index in [-0.39, 0.29) is 11.7 Å². The zero-order valence-electron chi connectivity index (χ0n) is 12.2. The Balaban J connectivity index is 1.58. The van der Waals surface area contributed by atoms with Crippen LogP contribution in [0.15, 0.2) is 58.2 Å². The molecule has 1 N–H and O–H groups in total. The Morgan fingerprint density at radius 3 is 2.50 bits per heavy atom. The van der Waals surface area contributed by atoms with Gasteiger partial charge in [0.25, 0.3) is 5.22 Å². The summed E-state index contributed by atoms with van der Waals surface area (Å²) in [6, 6.07) is 14.3. The van der Waals surface area contributed by atoms with Gasteiger partial charge in [0, 0.05) is 21.3 Å². The minimum Gasteiger partial charge on any atom is -0.411 e. The highest BCUT2D eigenvalue weighted by atomic mass is 35.5. The van der Waals surface area contributed by atoms with E-state index >= 15 is 0 Å². The molecule has 1 amide bonds. The summed E-state index contributed by atoms with van der Waals surface area (Å²) in [5, 5.41) is 11.8.